The monoisotopic (exact) mass is 282 g/mol. The fourth-order valence-corrected chi connectivity index (χ4v) is 3.23. The molecule has 0 heterocycles. The zero-order chi connectivity index (χ0) is 14.5. The fourth-order valence-electron chi connectivity index (χ4n) is 1.61. The number of carboxylic acids is 1. The van der Waals surface area contributed by atoms with Crippen molar-refractivity contribution in [3.8, 4) is 6.07 Å². The van der Waals surface area contributed by atoms with Crippen LogP contribution in [0, 0.1) is 11.3 Å². The average molecular weight is 282 g/mol. The molecule has 0 radical (unpaired) electrons. The standard InChI is InChI=1S/C12H14N2O4S/c1-2-7-14(9-12(15)16)19(17,18)11-6-4-3-5-10(11)8-13/h3-6H,2,7,9H2,1H3,(H,15,16). The van der Waals surface area contributed by atoms with Crippen molar-refractivity contribution in [1.29, 1.82) is 5.26 Å². The lowest BCUT2D eigenvalue weighted by Gasteiger charge is -2.20. The van der Waals surface area contributed by atoms with Gasteiger partial charge in [-0.1, -0.05) is 19.1 Å². The molecular formula is C12H14N2O4S. The van der Waals surface area contributed by atoms with Crippen LogP contribution in [0.25, 0.3) is 0 Å². The smallest absolute Gasteiger partial charge is 0.318 e. The Hall–Kier alpha value is -1.91. The number of carbonyl (C=O) groups is 1. The van der Waals surface area contributed by atoms with Gasteiger partial charge in [0.15, 0.2) is 0 Å². The Balaban J connectivity index is 3.27. The first-order valence-corrected chi connectivity index (χ1v) is 7.08. The minimum Gasteiger partial charge on any atom is -0.480 e. The third-order valence-corrected chi connectivity index (χ3v) is 4.31. The Kier molecular flexibility index (Phi) is 5.03. The van der Waals surface area contributed by atoms with Crippen LogP contribution >= 0.6 is 0 Å². The van der Waals surface area contributed by atoms with E-state index in [1.807, 2.05) is 0 Å². The van der Waals surface area contributed by atoms with Crippen LogP contribution < -0.4 is 0 Å². The second-order valence-electron chi connectivity index (χ2n) is 3.84. The summed E-state index contributed by atoms with van der Waals surface area (Å²) in [7, 11) is -3.97. The Morgan fingerprint density at radius 2 is 2.05 bits per heavy atom. The molecule has 1 aromatic rings. The normalized spacial score (nSPS) is 11.2. The largest absolute Gasteiger partial charge is 0.480 e. The summed E-state index contributed by atoms with van der Waals surface area (Å²) in [6.07, 6.45) is 0.487. The van der Waals surface area contributed by atoms with E-state index in [0.717, 1.165) is 4.31 Å². The predicted molar refractivity (Wildman–Crippen MR) is 67.8 cm³/mol. The van der Waals surface area contributed by atoms with Crippen molar-refractivity contribution in [3.05, 3.63) is 29.8 Å². The topological polar surface area (TPSA) is 98.5 Å². The zero-order valence-electron chi connectivity index (χ0n) is 10.4. The second-order valence-corrected chi connectivity index (χ2v) is 5.75. The Morgan fingerprint density at radius 3 is 2.58 bits per heavy atom. The number of hydrogen-bond donors (Lipinski definition) is 1. The number of rotatable bonds is 6. The highest BCUT2D eigenvalue weighted by molar-refractivity contribution is 7.89. The second kappa shape index (κ2) is 6.31. The van der Waals surface area contributed by atoms with E-state index in [1.165, 1.54) is 18.2 Å². The van der Waals surface area contributed by atoms with Gasteiger partial charge in [-0.3, -0.25) is 4.79 Å². The zero-order valence-corrected chi connectivity index (χ0v) is 11.2. The van der Waals surface area contributed by atoms with Gasteiger partial charge in [-0.2, -0.15) is 9.57 Å². The van der Waals surface area contributed by atoms with E-state index in [-0.39, 0.29) is 17.0 Å². The molecule has 7 heteroatoms. The Labute approximate surface area is 111 Å². The first kappa shape index (κ1) is 15.1. The number of aliphatic carboxylic acids is 1. The molecule has 0 bridgehead atoms. The molecule has 0 saturated carbocycles. The lowest BCUT2D eigenvalue weighted by molar-refractivity contribution is -0.137. The maximum absolute atomic E-state index is 12.3. The van der Waals surface area contributed by atoms with Gasteiger partial charge in [-0.15, -0.1) is 0 Å². The average Bonchev–Trinajstić information content (AvgIpc) is 2.37. The predicted octanol–water partition coefficient (Wildman–Crippen LogP) is 1.04. The molecule has 0 aliphatic heterocycles. The van der Waals surface area contributed by atoms with Gasteiger partial charge in [0.05, 0.1) is 10.5 Å². The molecular weight excluding hydrogens is 268 g/mol. The summed E-state index contributed by atoms with van der Waals surface area (Å²) in [5.41, 5.74) is 0.00833. The van der Waals surface area contributed by atoms with Crippen LogP contribution in [0.2, 0.25) is 0 Å². The molecule has 0 amide bonds. The molecule has 0 unspecified atom stereocenters. The first-order chi connectivity index (χ1) is 8.93. The van der Waals surface area contributed by atoms with Crippen LogP contribution in [0.5, 0.6) is 0 Å². The third-order valence-electron chi connectivity index (χ3n) is 2.41. The van der Waals surface area contributed by atoms with Crippen molar-refractivity contribution < 1.29 is 18.3 Å². The van der Waals surface area contributed by atoms with Crippen molar-refractivity contribution in [1.82, 2.24) is 4.31 Å². The van der Waals surface area contributed by atoms with Crippen LogP contribution in [0.15, 0.2) is 29.2 Å². The van der Waals surface area contributed by atoms with Crippen LogP contribution in [0.3, 0.4) is 0 Å². The van der Waals surface area contributed by atoms with Gasteiger partial charge in [0, 0.05) is 6.54 Å². The summed E-state index contributed by atoms with van der Waals surface area (Å²) in [4.78, 5) is 10.6. The molecule has 0 spiro atoms. The number of nitriles is 1. The SMILES string of the molecule is CCCN(CC(=O)O)S(=O)(=O)c1ccccc1C#N. The van der Waals surface area contributed by atoms with Crippen molar-refractivity contribution in [2.75, 3.05) is 13.1 Å². The summed E-state index contributed by atoms with van der Waals surface area (Å²) in [6, 6.07) is 7.54. The highest BCUT2D eigenvalue weighted by Crippen LogP contribution is 2.19. The summed E-state index contributed by atoms with van der Waals surface area (Å²) >= 11 is 0. The van der Waals surface area contributed by atoms with Gasteiger partial charge in [0.2, 0.25) is 10.0 Å². The fraction of sp³-hybridized carbons (Fsp3) is 0.333. The van der Waals surface area contributed by atoms with E-state index in [1.54, 1.807) is 19.1 Å². The molecule has 0 aromatic heterocycles. The highest BCUT2D eigenvalue weighted by Gasteiger charge is 2.27. The van der Waals surface area contributed by atoms with Gasteiger partial charge in [0.25, 0.3) is 0 Å². The highest BCUT2D eigenvalue weighted by atomic mass is 32.2. The van der Waals surface area contributed by atoms with Crippen molar-refractivity contribution in [2.45, 2.75) is 18.2 Å². The van der Waals surface area contributed by atoms with Crippen LogP contribution in [-0.2, 0) is 14.8 Å². The maximum Gasteiger partial charge on any atom is 0.318 e. The molecule has 19 heavy (non-hydrogen) atoms. The quantitative estimate of drug-likeness (QED) is 0.840. The number of nitrogens with zero attached hydrogens (tertiary/aromatic N) is 2. The van der Waals surface area contributed by atoms with Gasteiger partial charge >= 0.3 is 5.97 Å². The molecule has 0 saturated heterocycles. The lowest BCUT2D eigenvalue weighted by atomic mass is 10.2. The van der Waals surface area contributed by atoms with Crippen LogP contribution in [-0.4, -0.2) is 36.9 Å². The maximum atomic E-state index is 12.3. The van der Waals surface area contributed by atoms with Gasteiger partial charge in [0.1, 0.15) is 12.6 Å². The molecule has 1 rings (SSSR count). The van der Waals surface area contributed by atoms with E-state index in [9.17, 15) is 13.2 Å². The molecule has 1 aromatic carbocycles. The molecule has 0 fully saturated rings. The van der Waals surface area contributed by atoms with E-state index < -0.39 is 22.5 Å². The minimum absolute atomic E-state index is 0.00833. The Bertz CT molecular complexity index is 604. The van der Waals surface area contributed by atoms with E-state index in [2.05, 4.69) is 0 Å². The summed E-state index contributed by atoms with van der Waals surface area (Å²) in [5, 5.41) is 17.7. The number of sulfonamides is 1. The van der Waals surface area contributed by atoms with Gasteiger partial charge < -0.3 is 5.11 Å². The number of hydrogen-bond acceptors (Lipinski definition) is 4. The van der Waals surface area contributed by atoms with Crippen molar-refractivity contribution in [3.63, 3.8) is 0 Å². The van der Waals surface area contributed by atoms with E-state index in [4.69, 9.17) is 10.4 Å². The molecule has 102 valence electrons. The number of carboxylic acid groups (broad SMARTS) is 1. The lowest BCUT2D eigenvalue weighted by Crippen LogP contribution is -2.36. The molecule has 0 atom stereocenters. The van der Waals surface area contributed by atoms with Crippen LogP contribution in [0.1, 0.15) is 18.9 Å². The van der Waals surface area contributed by atoms with E-state index in [0.29, 0.717) is 6.42 Å². The number of benzene rings is 1. The van der Waals surface area contributed by atoms with Gasteiger partial charge in [-0.25, -0.2) is 8.42 Å². The molecule has 0 aliphatic rings. The summed E-state index contributed by atoms with van der Waals surface area (Å²) in [5.74, 6) is -1.23. The van der Waals surface area contributed by atoms with E-state index >= 15 is 0 Å². The Morgan fingerprint density at radius 1 is 1.42 bits per heavy atom. The molecule has 6 nitrogen and oxygen atoms in total. The minimum atomic E-state index is -3.97. The van der Waals surface area contributed by atoms with Gasteiger partial charge in [-0.05, 0) is 18.6 Å². The first-order valence-electron chi connectivity index (χ1n) is 5.64. The molecule has 1 N–H and O–H groups in total. The molecule has 0 aliphatic carbocycles. The van der Waals surface area contributed by atoms with Crippen molar-refractivity contribution in [2.24, 2.45) is 0 Å². The third kappa shape index (κ3) is 3.53. The van der Waals surface area contributed by atoms with Crippen LogP contribution in [0.4, 0.5) is 0 Å². The summed E-state index contributed by atoms with van der Waals surface area (Å²) in [6.45, 7) is 1.23. The summed E-state index contributed by atoms with van der Waals surface area (Å²) < 4.78 is 25.6. The van der Waals surface area contributed by atoms with Crippen molar-refractivity contribution >= 4 is 16.0 Å².